The molecule has 0 saturated carbocycles. The molecule has 0 radical (unpaired) electrons. The molecule has 0 aromatic heterocycles. The summed E-state index contributed by atoms with van der Waals surface area (Å²) in [7, 11) is 1.35. The number of aryl methyl sites for hydroxylation is 2. The molecular weight excluding hydrogens is 278 g/mol. The molecule has 1 unspecified atom stereocenters. The summed E-state index contributed by atoms with van der Waals surface area (Å²) in [5.41, 5.74) is 2.24. The van der Waals surface area contributed by atoms with Crippen LogP contribution in [-0.2, 0) is 22.4 Å². The van der Waals surface area contributed by atoms with Gasteiger partial charge in [-0.25, -0.2) is 4.79 Å². The van der Waals surface area contributed by atoms with Crippen molar-refractivity contribution in [3.63, 3.8) is 0 Å². The topological polar surface area (TPSA) is 55.4 Å². The van der Waals surface area contributed by atoms with Gasteiger partial charge in [-0.2, -0.15) is 0 Å². The molecule has 0 fully saturated rings. The summed E-state index contributed by atoms with van der Waals surface area (Å²) in [4.78, 5) is 24.5. The number of carbonyl (C=O) groups excluding carboxylic acids is 2. The zero-order chi connectivity index (χ0) is 16.2. The lowest BCUT2D eigenvalue weighted by atomic mass is 9.90. The van der Waals surface area contributed by atoms with Crippen molar-refractivity contribution in [2.45, 2.75) is 57.9 Å². The molecule has 0 heterocycles. The Kier molecular flexibility index (Phi) is 5.22. The SMILES string of the molecule is CCCC(C)(NC(=O)c1ccc2c(c1)CCCC2)C(=O)OC. The van der Waals surface area contributed by atoms with Crippen LogP contribution in [0.3, 0.4) is 0 Å². The quantitative estimate of drug-likeness (QED) is 0.851. The van der Waals surface area contributed by atoms with E-state index >= 15 is 0 Å². The fourth-order valence-corrected chi connectivity index (χ4v) is 3.14. The molecule has 2 rings (SSSR count). The highest BCUT2D eigenvalue weighted by molar-refractivity contribution is 5.98. The maximum absolute atomic E-state index is 12.5. The first-order chi connectivity index (χ1) is 10.5. The molecule has 120 valence electrons. The number of nitrogens with one attached hydrogen (secondary N) is 1. The van der Waals surface area contributed by atoms with Crippen LogP contribution < -0.4 is 5.32 Å². The summed E-state index contributed by atoms with van der Waals surface area (Å²) in [6.45, 7) is 3.70. The summed E-state index contributed by atoms with van der Waals surface area (Å²) in [5, 5.41) is 2.85. The lowest BCUT2D eigenvalue weighted by molar-refractivity contribution is -0.147. The Hall–Kier alpha value is -1.84. The number of hydrogen-bond acceptors (Lipinski definition) is 3. The zero-order valence-electron chi connectivity index (χ0n) is 13.7. The molecule has 4 heteroatoms. The number of hydrogen-bond donors (Lipinski definition) is 1. The molecule has 22 heavy (non-hydrogen) atoms. The maximum atomic E-state index is 12.5. The number of amides is 1. The third kappa shape index (κ3) is 3.49. The second-order valence-corrected chi connectivity index (χ2v) is 6.22. The minimum atomic E-state index is -0.976. The van der Waals surface area contributed by atoms with Crippen LogP contribution in [0, 0.1) is 0 Å². The van der Waals surface area contributed by atoms with Crippen LogP contribution in [0.25, 0.3) is 0 Å². The van der Waals surface area contributed by atoms with Crippen molar-refractivity contribution < 1.29 is 14.3 Å². The number of ether oxygens (including phenoxy) is 1. The molecule has 0 bridgehead atoms. The molecule has 0 saturated heterocycles. The van der Waals surface area contributed by atoms with Crippen molar-refractivity contribution in [1.29, 1.82) is 0 Å². The van der Waals surface area contributed by atoms with Gasteiger partial charge in [-0.15, -0.1) is 0 Å². The lowest BCUT2D eigenvalue weighted by Crippen LogP contribution is -2.52. The minimum absolute atomic E-state index is 0.213. The van der Waals surface area contributed by atoms with E-state index in [2.05, 4.69) is 5.32 Å². The van der Waals surface area contributed by atoms with Gasteiger partial charge in [0.1, 0.15) is 5.54 Å². The second kappa shape index (κ2) is 6.95. The van der Waals surface area contributed by atoms with Gasteiger partial charge in [-0.3, -0.25) is 4.79 Å². The number of methoxy groups -OCH3 is 1. The normalized spacial score (nSPS) is 16.3. The van der Waals surface area contributed by atoms with E-state index in [0.717, 1.165) is 19.3 Å². The van der Waals surface area contributed by atoms with E-state index in [1.54, 1.807) is 6.92 Å². The van der Waals surface area contributed by atoms with E-state index in [4.69, 9.17) is 4.74 Å². The average molecular weight is 303 g/mol. The van der Waals surface area contributed by atoms with Crippen molar-refractivity contribution in [3.8, 4) is 0 Å². The molecule has 1 aliphatic rings. The van der Waals surface area contributed by atoms with Gasteiger partial charge in [-0.1, -0.05) is 19.4 Å². The monoisotopic (exact) mass is 303 g/mol. The van der Waals surface area contributed by atoms with Gasteiger partial charge in [0.05, 0.1) is 7.11 Å². The molecular formula is C18H25NO3. The summed E-state index contributed by atoms with van der Waals surface area (Å²) in [6, 6.07) is 5.86. The summed E-state index contributed by atoms with van der Waals surface area (Å²) in [6.07, 6.45) is 5.85. The van der Waals surface area contributed by atoms with Crippen LogP contribution in [0.2, 0.25) is 0 Å². The zero-order valence-corrected chi connectivity index (χ0v) is 13.7. The van der Waals surface area contributed by atoms with Crippen LogP contribution >= 0.6 is 0 Å². The molecule has 1 amide bonds. The van der Waals surface area contributed by atoms with E-state index in [1.807, 2.05) is 25.1 Å². The fourth-order valence-electron chi connectivity index (χ4n) is 3.14. The van der Waals surface area contributed by atoms with Crippen molar-refractivity contribution in [2.75, 3.05) is 7.11 Å². The van der Waals surface area contributed by atoms with E-state index < -0.39 is 11.5 Å². The largest absolute Gasteiger partial charge is 0.467 e. The highest BCUT2D eigenvalue weighted by Crippen LogP contribution is 2.23. The Morgan fingerprint density at radius 1 is 1.23 bits per heavy atom. The van der Waals surface area contributed by atoms with Crippen LogP contribution in [0.15, 0.2) is 18.2 Å². The van der Waals surface area contributed by atoms with E-state index in [1.165, 1.54) is 31.1 Å². The Labute approximate surface area is 132 Å². The molecule has 1 aromatic rings. The predicted molar refractivity (Wildman–Crippen MR) is 85.9 cm³/mol. The molecule has 1 aliphatic carbocycles. The Morgan fingerprint density at radius 2 is 1.91 bits per heavy atom. The minimum Gasteiger partial charge on any atom is -0.467 e. The van der Waals surface area contributed by atoms with Crippen molar-refractivity contribution in [3.05, 3.63) is 34.9 Å². The van der Waals surface area contributed by atoms with E-state index in [9.17, 15) is 9.59 Å². The van der Waals surface area contributed by atoms with Gasteiger partial charge in [0.2, 0.25) is 0 Å². The van der Waals surface area contributed by atoms with E-state index in [0.29, 0.717) is 12.0 Å². The summed E-state index contributed by atoms with van der Waals surface area (Å²) < 4.78 is 4.84. The van der Waals surface area contributed by atoms with Gasteiger partial charge in [0.15, 0.2) is 0 Å². The van der Waals surface area contributed by atoms with Crippen molar-refractivity contribution in [1.82, 2.24) is 5.32 Å². The first-order valence-corrected chi connectivity index (χ1v) is 8.03. The predicted octanol–water partition coefficient (Wildman–Crippen LogP) is 3.03. The van der Waals surface area contributed by atoms with Crippen LogP contribution in [-0.4, -0.2) is 24.5 Å². The molecule has 4 nitrogen and oxygen atoms in total. The second-order valence-electron chi connectivity index (χ2n) is 6.22. The van der Waals surface area contributed by atoms with Crippen LogP contribution in [0.4, 0.5) is 0 Å². The smallest absolute Gasteiger partial charge is 0.331 e. The van der Waals surface area contributed by atoms with Gasteiger partial charge < -0.3 is 10.1 Å². The number of esters is 1. The number of benzene rings is 1. The summed E-state index contributed by atoms with van der Waals surface area (Å²) >= 11 is 0. The summed E-state index contributed by atoms with van der Waals surface area (Å²) in [5.74, 6) is -0.615. The van der Waals surface area contributed by atoms with Gasteiger partial charge >= 0.3 is 5.97 Å². The van der Waals surface area contributed by atoms with Gasteiger partial charge in [-0.05, 0) is 62.3 Å². The fraction of sp³-hybridized carbons (Fsp3) is 0.556. The number of carbonyl (C=O) groups is 2. The number of fused-ring (bicyclic) bond motifs is 1. The maximum Gasteiger partial charge on any atom is 0.331 e. The molecule has 1 aromatic carbocycles. The molecule has 1 atom stereocenters. The Morgan fingerprint density at radius 3 is 2.55 bits per heavy atom. The third-order valence-electron chi connectivity index (χ3n) is 4.39. The molecule has 0 spiro atoms. The Bertz CT molecular complexity index is 567. The highest BCUT2D eigenvalue weighted by Gasteiger charge is 2.35. The van der Waals surface area contributed by atoms with Crippen LogP contribution in [0.5, 0.6) is 0 Å². The Balaban J connectivity index is 2.18. The van der Waals surface area contributed by atoms with Crippen molar-refractivity contribution in [2.24, 2.45) is 0 Å². The van der Waals surface area contributed by atoms with Gasteiger partial charge in [0.25, 0.3) is 5.91 Å². The van der Waals surface area contributed by atoms with Gasteiger partial charge in [0, 0.05) is 5.56 Å². The average Bonchev–Trinajstić information content (AvgIpc) is 2.53. The highest BCUT2D eigenvalue weighted by atomic mass is 16.5. The standard InChI is InChI=1S/C18H25NO3/c1-4-11-18(2,17(21)22-3)19-16(20)15-10-9-13-7-5-6-8-14(13)12-15/h9-10,12H,4-8,11H2,1-3H3,(H,19,20). The third-order valence-corrected chi connectivity index (χ3v) is 4.39. The first kappa shape index (κ1) is 16.5. The lowest BCUT2D eigenvalue weighted by Gasteiger charge is -2.27. The molecule has 1 N–H and O–H groups in total. The van der Waals surface area contributed by atoms with Crippen LogP contribution in [0.1, 0.15) is 61.0 Å². The molecule has 0 aliphatic heterocycles. The number of rotatable bonds is 5. The van der Waals surface area contributed by atoms with E-state index in [-0.39, 0.29) is 5.91 Å². The van der Waals surface area contributed by atoms with Crippen molar-refractivity contribution >= 4 is 11.9 Å². The first-order valence-electron chi connectivity index (χ1n) is 8.03.